The van der Waals surface area contributed by atoms with E-state index < -0.39 is 0 Å². The summed E-state index contributed by atoms with van der Waals surface area (Å²) in [6.45, 7) is 1.82. The smallest absolute Gasteiger partial charge is 0.225 e. The molecule has 4 nitrogen and oxygen atoms in total. The van der Waals surface area contributed by atoms with Crippen LogP contribution in [0.3, 0.4) is 0 Å². The Balaban J connectivity index is 1.44. The second-order valence-electron chi connectivity index (χ2n) is 4.82. The van der Waals surface area contributed by atoms with Gasteiger partial charge in [-0.3, -0.25) is 4.79 Å². The number of carbonyl (C=O) groups excluding carboxylic acids is 1. The summed E-state index contributed by atoms with van der Waals surface area (Å²) in [5.74, 6) is 0.130. The fraction of sp³-hybridized carbons (Fsp3) is 0.467. The second-order valence-corrected chi connectivity index (χ2v) is 5.85. The molecule has 0 saturated heterocycles. The Morgan fingerprint density at radius 3 is 2.95 bits per heavy atom. The van der Waals surface area contributed by atoms with Gasteiger partial charge in [-0.25, -0.2) is 4.98 Å². The maximum Gasteiger partial charge on any atom is 0.225 e. The van der Waals surface area contributed by atoms with E-state index in [0.29, 0.717) is 6.42 Å². The highest BCUT2D eigenvalue weighted by atomic mass is 32.1. The molecule has 0 aliphatic heterocycles. The average molecular weight is 291 g/mol. The van der Waals surface area contributed by atoms with E-state index in [2.05, 4.69) is 14.9 Å². The van der Waals surface area contributed by atoms with E-state index in [1.807, 2.05) is 36.2 Å². The molecule has 1 N–H and O–H groups in total. The quantitative estimate of drug-likeness (QED) is 0.722. The molecule has 0 atom stereocenters. The first-order valence-corrected chi connectivity index (χ1v) is 7.97. The third kappa shape index (κ3) is 5.57. The fourth-order valence-corrected chi connectivity index (χ4v) is 2.76. The van der Waals surface area contributed by atoms with E-state index in [-0.39, 0.29) is 5.91 Å². The van der Waals surface area contributed by atoms with Gasteiger partial charge < -0.3 is 9.88 Å². The average Bonchev–Trinajstić information content (AvgIpc) is 3.10. The van der Waals surface area contributed by atoms with Gasteiger partial charge >= 0.3 is 0 Å². The van der Waals surface area contributed by atoms with Crippen LogP contribution in [-0.4, -0.2) is 22.0 Å². The lowest BCUT2D eigenvalue weighted by Crippen LogP contribution is -2.25. The SMILES string of the molecule is O=C(Cc1cccs1)NCCCCCCn1ccnc1. The van der Waals surface area contributed by atoms with Crippen molar-refractivity contribution in [2.75, 3.05) is 6.54 Å². The van der Waals surface area contributed by atoms with Gasteiger partial charge in [0.1, 0.15) is 0 Å². The Bertz CT molecular complexity index is 479. The number of aryl methyl sites for hydroxylation is 1. The van der Waals surface area contributed by atoms with Crippen LogP contribution in [0.1, 0.15) is 30.6 Å². The van der Waals surface area contributed by atoms with E-state index in [1.54, 1.807) is 11.3 Å². The zero-order valence-corrected chi connectivity index (χ0v) is 12.4. The van der Waals surface area contributed by atoms with E-state index >= 15 is 0 Å². The zero-order valence-electron chi connectivity index (χ0n) is 11.6. The molecule has 0 radical (unpaired) electrons. The first-order valence-electron chi connectivity index (χ1n) is 7.09. The van der Waals surface area contributed by atoms with Gasteiger partial charge in [0.05, 0.1) is 12.7 Å². The molecule has 0 fully saturated rings. The molecule has 2 rings (SSSR count). The lowest BCUT2D eigenvalue weighted by Gasteiger charge is -2.05. The predicted octanol–water partition coefficient (Wildman–Crippen LogP) is 2.86. The Kier molecular flexibility index (Phi) is 6.31. The second kappa shape index (κ2) is 8.53. The monoisotopic (exact) mass is 291 g/mol. The third-order valence-corrected chi connectivity index (χ3v) is 4.02. The molecule has 0 aromatic carbocycles. The van der Waals surface area contributed by atoms with Gasteiger partial charge in [-0.1, -0.05) is 18.9 Å². The maximum absolute atomic E-state index is 11.6. The zero-order chi connectivity index (χ0) is 14.0. The van der Waals surface area contributed by atoms with Gasteiger partial charge in [0, 0.05) is 30.4 Å². The van der Waals surface area contributed by atoms with Crippen LogP contribution in [0.25, 0.3) is 0 Å². The van der Waals surface area contributed by atoms with Crippen LogP contribution in [-0.2, 0) is 17.8 Å². The maximum atomic E-state index is 11.6. The minimum absolute atomic E-state index is 0.130. The van der Waals surface area contributed by atoms with E-state index in [4.69, 9.17) is 0 Å². The number of imidazole rings is 1. The van der Waals surface area contributed by atoms with Crippen LogP contribution in [0.2, 0.25) is 0 Å². The molecular weight excluding hydrogens is 270 g/mol. The third-order valence-electron chi connectivity index (χ3n) is 3.14. The van der Waals surface area contributed by atoms with Crippen LogP contribution >= 0.6 is 11.3 Å². The molecule has 0 saturated carbocycles. The Hall–Kier alpha value is -1.62. The Morgan fingerprint density at radius 1 is 1.30 bits per heavy atom. The molecule has 20 heavy (non-hydrogen) atoms. The van der Waals surface area contributed by atoms with Gasteiger partial charge in [-0.05, 0) is 24.3 Å². The molecule has 2 aromatic rings. The van der Waals surface area contributed by atoms with Gasteiger partial charge in [0.25, 0.3) is 0 Å². The number of unbranched alkanes of at least 4 members (excludes halogenated alkanes) is 3. The summed E-state index contributed by atoms with van der Waals surface area (Å²) in [6.07, 6.45) is 10.7. The highest BCUT2D eigenvalue weighted by Crippen LogP contribution is 2.08. The number of nitrogens with zero attached hydrogens (tertiary/aromatic N) is 2. The number of thiophene rings is 1. The van der Waals surface area contributed by atoms with Crippen molar-refractivity contribution in [2.45, 2.75) is 38.6 Å². The molecule has 0 bridgehead atoms. The number of hydrogen-bond donors (Lipinski definition) is 1. The number of aromatic nitrogens is 2. The number of nitrogens with one attached hydrogen (secondary N) is 1. The van der Waals surface area contributed by atoms with Gasteiger partial charge in [-0.15, -0.1) is 11.3 Å². The van der Waals surface area contributed by atoms with Crippen molar-refractivity contribution in [1.29, 1.82) is 0 Å². The van der Waals surface area contributed by atoms with Crippen LogP contribution in [0.5, 0.6) is 0 Å². The number of hydrogen-bond acceptors (Lipinski definition) is 3. The summed E-state index contributed by atoms with van der Waals surface area (Å²) in [5.41, 5.74) is 0. The predicted molar refractivity (Wildman–Crippen MR) is 81.7 cm³/mol. The van der Waals surface area contributed by atoms with Gasteiger partial charge in [0.2, 0.25) is 5.91 Å². The molecule has 1 amide bonds. The summed E-state index contributed by atoms with van der Waals surface area (Å²) in [6, 6.07) is 3.98. The summed E-state index contributed by atoms with van der Waals surface area (Å²) in [5, 5.41) is 4.98. The summed E-state index contributed by atoms with van der Waals surface area (Å²) >= 11 is 1.63. The molecule has 0 aliphatic rings. The number of rotatable bonds is 9. The Labute approximate surface area is 123 Å². The molecule has 108 valence electrons. The number of carbonyl (C=O) groups is 1. The number of amides is 1. The van der Waals surface area contributed by atoms with Crippen molar-refractivity contribution in [3.8, 4) is 0 Å². The molecule has 2 heterocycles. The normalized spacial score (nSPS) is 10.6. The van der Waals surface area contributed by atoms with Gasteiger partial charge in [-0.2, -0.15) is 0 Å². The first kappa shape index (κ1) is 14.8. The standard InChI is InChI=1S/C15H21N3OS/c19-15(12-14-6-5-11-20-14)17-7-3-1-2-4-9-18-10-8-16-13-18/h5-6,8,10-11,13H,1-4,7,9,12H2,(H,17,19). The molecular formula is C15H21N3OS. The summed E-state index contributed by atoms with van der Waals surface area (Å²) in [4.78, 5) is 16.8. The molecule has 5 heteroatoms. The molecule has 2 aromatic heterocycles. The van der Waals surface area contributed by atoms with Crippen LogP contribution in [0.4, 0.5) is 0 Å². The van der Waals surface area contributed by atoms with Crippen molar-refractivity contribution in [3.05, 3.63) is 41.1 Å². The topological polar surface area (TPSA) is 46.9 Å². The van der Waals surface area contributed by atoms with E-state index in [1.165, 1.54) is 12.8 Å². The lowest BCUT2D eigenvalue weighted by atomic mass is 10.2. The Morgan fingerprint density at radius 2 is 2.20 bits per heavy atom. The van der Waals surface area contributed by atoms with Crippen LogP contribution < -0.4 is 5.32 Å². The van der Waals surface area contributed by atoms with Crippen LogP contribution in [0.15, 0.2) is 36.2 Å². The summed E-state index contributed by atoms with van der Waals surface area (Å²) < 4.78 is 2.10. The molecule has 0 unspecified atom stereocenters. The lowest BCUT2D eigenvalue weighted by molar-refractivity contribution is -0.120. The van der Waals surface area contributed by atoms with Crippen molar-refractivity contribution in [1.82, 2.24) is 14.9 Å². The highest BCUT2D eigenvalue weighted by Gasteiger charge is 2.02. The van der Waals surface area contributed by atoms with Crippen molar-refractivity contribution in [3.63, 3.8) is 0 Å². The largest absolute Gasteiger partial charge is 0.356 e. The minimum Gasteiger partial charge on any atom is -0.356 e. The molecule has 0 aliphatic carbocycles. The van der Waals surface area contributed by atoms with Crippen molar-refractivity contribution < 1.29 is 4.79 Å². The first-order chi connectivity index (χ1) is 9.84. The van der Waals surface area contributed by atoms with E-state index in [0.717, 1.165) is 30.8 Å². The van der Waals surface area contributed by atoms with Crippen molar-refractivity contribution in [2.24, 2.45) is 0 Å². The van der Waals surface area contributed by atoms with Crippen LogP contribution in [0, 0.1) is 0 Å². The molecule has 0 spiro atoms. The van der Waals surface area contributed by atoms with Crippen molar-refractivity contribution >= 4 is 17.2 Å². The highest BCUT2D eigenvalue weighted by molar-refractivity contribution is 7.10. The van der Waals surface area contributed by atoms with E-state index in [9.17, 15) is 4.79 Å². The minimum atomic E-state index is 0.130. The summed E-state index contributed by atoms with van der Waals surface area (Å²) in [7, 11) is 0. The fourth-order valence-electron chi connectivity index (χ4n) is 2.05. The van der Waals surface area contributed by atoms with Gasteiger partial charge in [0.15, 0.2) is 0 Å².